The molecule has 0 spiro atoms. The predicted octanol–water partition coefficient (Wildman–Crippen LogP) is -0.123. The van der Waals surface area contributed by atoms with Gasteiger partial charge in [0.1, 0.15) is 6.10 Å². The lowest BCUT2D eigenvalue weighted by Crippen LogP contribution is -2.28. The highest BCUT2D eigenvalue weighted by Gasteiger charge is 2.16. The third-order valence-corrected chi connectivity index (χ3v) is 1.05. The van der Waals surface area contributed by atoms with Crippen LogP contribution in [0.25, 0.3) is 0 Å². The van der Waals surface area contributed by atoms with Gasteiger partial charge in [-0.3, -0.25) is 0 Å². The largest absolute Gasteiger partial charge is 0.408 e. The van der Waals surface area contributed by atoms with Gasteiger partial charge in [-0.2, -0.15) is 0 Å². The molecule has 2 unspecified atom stereocenters. The van der Waals surface area contributed by atoms with Crippen molar-refractivity contribution in [3.8, 4) is 0 Å². The number of aliphatic hydroxyl groups excluding tert-OH is 1. The minimum Gasteiger partial charge on any atom is -0.408 e. The second-order valence-corrected chi connectivity index (χ2v) is 2.09. The van der Waals surface area contributed by atoms with E-state index in [-0.39, 0.29) is 0 Å². The van der Waals surface area contributed by atoms with Crippen molar-refractivity contribution in [1.82, 2.24) is 0 Å². The van der Waals surface area contributed by atoms with E-state index >= 15 is 0 Å². The van der Waals surface area contributed by atoms with Crippen LogP contribution in [0, 0.1) is 0 Å². The van der Waals surface area contributed by atoms with Crippen LogP contribution in [0.5, 0.6) is 0 Å². The van der Waals surface area contributed by atoms with Crippen LogP contribution >= 0.6 is 0 Å². The summed E-state index contributed by atoms with van der Waals surface area (Å²) in [6.07, 6.45) is -1.16. The minimum absolute atomic E-state index is 0.367. The molecule has 0 saturated heterocycles. The van der Waals surface area contributed by atoms with Crippen molar-refractivity contribution in [1.29, 1.82) is 0 Å². The summed E-state index contributed by atoms with van der Waals surface area (Å²) in [5, 5.41) is 8.75. The molecular formula is C7H14O5. The Labute approximate surface area is 71.2 Å². The van der Waals surface area contributed by atoms with Crippen LogP contribution in [-0.2, 0) is 19.0 Å². The summed E-state index contributed by atoms with van der Waals surface area (Å²) < 4.78 is 14.0. The van der Waals surface area contributed by atoms with Crippen LogP contribution in [0.1, 0.15) is 13.8 Å². The van der Waals surface area contributed by atoms with Crippen molar-refractivity contribution in [3.63, 3.8) is 0 Å². The summed E-state index contributed by atoms with van der Waals surface area (Å²) in [4.78, 5) is 10.8. The number of hydrogen-bond acceptors (Lipinski definition) is 5. The highest BCUT2D eigenvalue weighted by atomic mass is 16.8. The Morgan fingerprint density at radius 3 is 2.50 bits per heavy atom. The molecule has 72 valence electrons. The molecule has 2 atom stereocenters. The van der Waals surface area contributed by atoms with Gasteiger partial charge < -0.3 is 19.3 Å². The molecule has 0 saturated carbocycles. The number of ether oxygens (including phenoxy) is 3. The third-order valence-electron chi connectivity index (χ3n) is 1.05. The molecule has 0 aromatic carbocycles. The van der Waals surface area contributed by atoms with E-state index in [1.54, 1.807) is 6.92 Å². The van der Waals surface area contributed by atoms with Crippen LogP contribution in [-0.4, -0.2) is 37.4 Å². The topological polar surface area (TPSA) is 65.0 Å². The fourth-order valence-electron chi connectivity index (χ4n) is 0.480. The van der Waals surface area contributed by atoms with E-state index in [9.17, 15) is 4.79 Å². The number of carbonyl (C=O) groups excluding carboxylic acids is 1. The van der Waals surface area contributed by atoms with Crippen LogP contribution < -0.4 is 0 Å². The fraction of sp³-hybridized carbons (Fsp3) is 0.857. The second-order valence-electron chi connectivity index (χ2n) is 2.09. The van der Waals surface area contributed by atoms with Crippen LogP contribution in [0.2, 0.25) is 0 Å². The number of hydrogen-bond donors (Lipinski definition) is 1. The third kappa shape index (κ3) is 4.27. The molecule has 5 heteroatoms. The van der Waals surface area contributed by atoms with E-state index in [2.05, 4.69) is 9.47 Å². The SMILES string of the molecule is CCOC(OC)OC(=O)C(C)O. The van der Waals surface area contributed by atoms with Gasteiger partial charge >= 0.3 is 12.4 Å². The molecule has 5 nitrogen and oxygen atoms in total. The standard InChI is InChI=1S/C7H14O5/c1-4-11-7(10-3)12-6(9)5(2)8/h5,7-8H,4H2,1-3H3. The van der Waals surface area contributed by atoms with E-state index in [1.165, 1.54) is 14.0 Å². The molecule has 0 rings (SSSR count). The van der Waals surface area contributed by atoms with Gasteiger partial charge in [0, 0.05) is 7.11 Å². The number of rotatable bonds is 5. The van der Waals surface area contributed by atoms with Gasteiger partial charge in [-0.1, -0.05) is 0 Å². The summed E-state index contributed by atoms with van der Waals surface area (Å²) in [7, 11) is 1.34. The summed E-state index contributed by atoms with van der Waals surface area (Å²) in [5.41, 5.74) is 0. The lowest BCUT2D eigenvalue weighted by molar-refractivity contribution is -0.267. The summed E-state index contributed by atoms with van der Waals surface area (Å²) in [6.45, 7) is 2.38. The lowest BCUT2D eigenvalue weighted by atomic mass is 10.4. The molecule has 1 N–H and O–H groups in total. The summed E-state index contributed by atoms with van der Waals surface area (Å²) in [6, 6.07) is 0. The first-order valence-electron chi connectivity index (χ1n) is 3.64. The Bertz CT molecular complexity index is 134. The van der Waals surface area contributed by atoms with Gasteiger partial charge in [0.05, 0.1) is 6.61 Å². The van der Waals surface area contributed by atoms with Crippen molar-refractivity contribution in [2.75, 3.05) is 13.7 Å². The average molecular weight is 178 g/mol. The Hall–Kier alpha value is -0.650. The Morgan fingerprint density at radius 2 is 2.17 bits per heavy atom. The van der Waals surface area contributed by atoms with E-state index in [0.29, 0.717) is 6.61 Å². The first kappa shape index (κ1) is 11.4. The lowest BCUT2D eigenvalue weighted by Gasteiger charge is -2.15. The molecule has 0 aromatic heterocycles. The maximum atomic E-state index is 10.8. The van der Waals surface area contributed by atoms with Crippen LogP contribution in [0.15, 0.2) is 0 Å². The molecule has 12 heavy (non-hydrogen) atoms. The van der Waals surface area contributed by atoms with Crippen molar-refractivity contribution in [3.05, 3.63) is 0 Å². The normalized spacial score (nSPS) is 15.3. The zero-order chi connectivity index (χ0) is 9.56. The molecule has 0 aliphatic carbocycles. The molecule has 0 radical (unpaired) electrons. The number of esters is 1. The zero-order valence-electron chi connectivity index (χ0n) is 7.44. The van der Waals surface area contributed by atoms with Crippen LogP contribution in [0.3, 0.4) is 0 Å². The average Bonchev–Trinajstić information content (AvgIpc) is 2.03. The monoisotopic (exact) mass is 178 g/mol. The molecule has 0 fully saturated rings. The summed E-state index contributed by atoms with van der Waals surface area (Å²) in [5.74, 6) is -0.768. The maximum Gasteiger partial charge on any atom is 0.338 e. The quantitative estimate of drug-likeness (QED) is 0.469. The number of carbonyl (C=O) groups is 1. The predicted molar refractivity (Wildman–Crippen MR) is 40.2 cm³/mol. The second kappa shape index (κ2) is 5.93. The molecule has 0 aromatic rings. The molecule has 0 aliphatic heterocycles. The molecule has 0 aliphatic rings. The van der Waals surface area contributed by atoms with Crippen molar-refractivity contribution in [2.45, 2.75) is 26.4 Å². The van der Waals surface area contributed by atoms with Gasteiger partial charge in [-0.25, -0.2) is 4.79 Å². The van der Waals surface area contributed by atoms with E-state index in [0.717, 1.165) is 0 Å². The van der Waals surface area contributed by atoms with Gasteiger partial charge in [-0.15, -0.1) is 0 Å². The highest BCUT2D eigenvalue weighted by molar-refractivity contribution is 5.73. The van der Waals surface area contributed by atoms with Crippen molar-refractivity contribution < 1.29 is 24.1 Å². The Kier molecular flexibility index (Phi) is 5.61. The zero-order valence-corrected chi connectivity index (χ0v) is 7.44. The number of aliphatic hydroxyl groups is 1. The Morgan fingerprint density at radius 1 is 1.58 bits per heavy atom. The molecule has 0 heterocycles. The van der Waals surface area contributed by atoms with Gasteiger partial charge in [0.15, 0.2) is 0 Å². The Balaban J connectivity index is 3.77. The van der Waals surface area contributed by atoms with Crippen molar-refractivity contribution >= 4 is 5.97 Å². The van der Waals surface area contributed by atoms with E-state index in [4.69, 9.17) is 9.84 Å². The van der Waals surface area contributed by atoms with Gasteiger partial charge in [0.25, 0.3) is 0 Å². The van der Waals surface area contributed by atoms with Crippen molar-refractivity contribution in [2.24, 2.45) is 0 Å². The van der Waals surface area contributed by atoms with Gasteiger partial charge in [-0.05, 0) is 13.8 Å². The van der Waals surface area contributed by atoms with Crippen LogP contribution in [0.4, 0.5) is 0 Å². The number of methoxy groups -OCH3 is 1. The molecule has 0 amide bonds. The van der Waals surface area contributed by atoms with E-state index in [1.807, 2.05) is 0 Å². The molecule has 0 bridgehead atoms. The van der Waals surface area contributed by atoms with Gasteiger partial charge in [0.2, 0.25) is 0 Å². The maximum absolute atomic E-state index is 10.8. The minimum atomic E-state index is -1.16. The first-order valence-corrected chi connectivity index (χ1v) is 3.64. The molecular weight excluding hydrogens is 164 g/mol. The fourth-order valence-corrected chi connectivity index (χ4v) is 0.480. The first-order chi connectivity index (χ1) is 5.61. The highest BCUT2D eigenvalue weighted by Crippen LogP contribution is 1.98. The summed E-state index contributed by atoms with van der Waals surface area (Å²) >= 11 is 0. The smallest absolute Gasteiger partial charge is 0.338 e. The van der Waals surface area contributed by atoms with E-state index < -0.39 is 18.5 Å².